The minimum Gasteiger partial charge on any atom is -0.491 e. The molecule has 0 heterocycles. The lowest BCUT2D eigenvalue weighted by Gasteiger charge is -2.23. The smallest absolute Gasteiger partial charge is 0.258 e. The van der Waals surface area contributed by atoms with Gasteiger partial charge in [0.25, 0.3) is 5.91 Å². The lowest BCUT2D eigenvalue weighted by atomic mass is 10.1. The van der Waals surface area contributed by atoms with Crippen molar-refractivity contribution in [3.8, 4) is 5.75 Å². The van der Waals surface area contributed by atoms with Gasteiger partial charge in [-0.15, -0.1) is 0 Å². The van der Waals surface area contributed by atoms with Crippen LogP contribution in [0.25, 0.3) is 0 Å². The fourth-order valence-electron chi connectivity index (χ4n) is 2.84. The first-order valence-corrected chi connectivity index (χ1v) is 9.12. The highest BCUT2D eigenvalue weighted by molar-refractivity contribution is 6.06. The van der Waals surface area contributed by atoms with Crippen molar-refractivity contribution in [2.75, 3.05) is 17.2 Å². The Morgan fingerprint density at radius 2 is 1.63 bits per heavy atom. The molecule has 1 amide bonds. The van der Waals surface area contributed by atoms with Crippen LogP contribution < -0.4 is 15.4 Å². The SMILES string of the molecule is CCCOc1ccc(C(=O)N(Cc2ccccc2)c2ccccc2)cc1N. The van der Waals surface area contributed by atoms with Crippen LogP contribution in [0.5, 0.6) is 5.75 Å². The van der Waals surface area contributed by atoms with Crippen molar-refractivity contribution in [1.82, 2.24) is 0 Å². The number of nitrogens with zero attached hydrogens (tertiary/aromatic N) is 1. The zero-order valence-corrected chi connectivity index (χ0v) is 15.5. The molecule has 0 bridgehead atoms. The van der Waals surface area contributed by atoms with Crippen LogP contribution in [0.2, 0.25) is 0 Å². The quantitative estimate of drug-likeness (QED) is 0.609. The Bertz CT molecular complexity index is 879. The van der Waals surface area contributed by atoms with Crippen LogP contribution in [0.15, 0.2) is 78.9 Å². The molecule has 0 aromatic heterocycles. The summed E-state index contributed by atoms with van der Waals surface area (Å²) >= 11 is 0. The number of nitrogen functional groups attached to an aromatic ring is 1. The molecule has 0 saturated heterocycles. The Kier molecular flexibility index (Phi) is 6.10. The molecule has 3 aromatic rings. The number of anilines is 2. The number of carbonyl (C=O) groups is 1. The van der Waals surface area contributed by atoms with E-state index in [-0.39, 0.29) is 5.91 Å². The standard InChI is InChI=1S/C23H24N2O2/c1-2-15-27-22-14-13-19(16-21(22)24)23(26)25(20-11-7-4-8-12-20)17-18-9-5-3-6-10-18/h3-14,16H,2,15,17,24H2,1H3. The highest BCUT2D eigenvalue weighted by Gasteiger charge is 2.19. The summed E-state index contributed by atoms with van der Waals surface area (Å²) in [5.41, 5.74) is 9.01. The van der Waals surface area contributed by atoms with E-state index < -0.39 is 0 Å². The van der Waals surface area contributed by atoms with Gasteiger partial charge in [-0.1, -0.05) is 55.5 Å². The van der Waals surface area contributed by atoms with Gasteiger partial charge >= 0.3 is 0 Å². The topological polar surface area (TPSA) is 55.6 Å². The molecule has 4 nitrogen and oxygen atoms in total. The van der Waals surface area contributed by atoms with Gasteiger partial charge < -0.3 is 15.4 Å². The molecule has 27 heavy (non-hydrogen) atoms. The van der Waals surface area contributed by atoms with Crippen LogP contribution in [0, 0.1) is 0 Å². The summed E-state index contributed by atoms with van der Waals surface area (Å²) in [5.74, 6) is 0.515. The zero-order valence-electron chi connectivity index (χ0n) is 15.5. The number of hydrogen-bond donors (Lipinski definition) is 1. The van der Waals surface area contributed by atoms with Crippen molar-refractivity contribution >= 4 is 17.3 Å². The van der Waals surface area contributed by atoms with E-state index in [1.165, 1.54) is 0 Å². The summed E-state index contributed by atoms with van der Waals surface area (Å²) in [7, 11) is 0. The van der Waals surface area contributed by atoms with Crippen molar-refractivity contribution in [2.24, 2.45) is 0 Å². The zero-order chi connectivity index (χ0) is 19.1. The van der Waals surface area contributed by atoms with Gasteiger partial charge in [0.1, 0.15) is 5.75 Å². The van der Waals surface area contributed by atoms with E-state index in [1.54, 1.807) is 23.1 Å². The fourth-order valence-corrected chi connectivity index (χ4v) is 2.84. The first-order valence-electron chi connectivity index (χ1n) is 9.12. The molecule has 2 N–H and O–H groups in total. The molecule has 0 radical (unpaired) electrons. The Morgan fingerprint density at radius 1 is 0.963 bits per heavy atom. The predicted molar refractivity (Wildman–Crippen MR) is 110 cm³/mol. The van der Waals surface area contributed by atoms with Crippen molar-refractivity contribution in [3.05, 3.63) is 90.0 Å². The molecule has 3 rings (SSSR count). The normalized spacial score (nSPS) is 10.4. The maximum atomic E-state index is 13.3. The van der Waals surface area contributed by atoms with Crippen LogP contribution in [0.3, 0.4) is 0 Å². The Labute approximate surface area is 160 Å². The number of amides is 1. The maximum absolute atomic E-state index is 13.3. The number of hydrogen-bond acceptors (Lipinski definition) is 3. The van der Waals surface area contributed by atoms with Gasteiger partial charge in [-0.05, 0) is 42.3 Å². The molecule has 0 atom stereocenters. The summed E-state index contributed by atoms with van der Waals surface area (Å²) in [6.07, 6.45) is 0.902. The van der Waals surface area contributed by atoms with E-state index >= 15 is 0 Å². The third-order valence-corrected chi connectivity index (χ3v) is 4.21. The molecule has 0 spiro atoms. The van der Waals surface area contributed by atoms with E-state index in [0.717, 1.165) is 17.7 Å². The van der Waals surface area contributed by atoms with E-state index in [9.17, 15) is 4.79 Å². The lowest BCUT2D eigenvalue weighted by Crippen LogP contribution is -2.30. The third-order valence-electron chi connectivity index (χ3n) is 4.21. The average molecular weight is 360 g/mol. The summed E-state index contributed by atoms with van der Waals surface area (Å²) in [4.78, 5) is 15.0. The van der Waals surface area contributed by atoms with E-state index in [0.29, 0.717) is 30.2 Å². The summed E-state index contributed by atoms with van der Waals surface area (Å²) in [5, 5.41) is 0. The minimum absolute atomic E-state index is 0.0983. The molecule has 138 valence electrons. The van der Waals surface area contributed by atoms with Crippen molar-refractivity contribution in [2.45, 2.75) is 19.9 Å². The van der Waals surface area contributed by atoms with Gasteiger partial charge in [-0.3, -0.25) is 4.79 Å². The Hall–Kier alpha value is -3.27. The first kappa shape index (κ1) is 18.5. The van der Waals surface area contributed by atoms with Gasteiger partial charge in [0.2, 0.25) is 0 Å². The van der Waals surface area contributed by atoms with E-state index in [1.807, 2.05) is 67.6 Å². The number of nitrogens with two attached hydrogens (primary N) is 1. The van der Waals surface area contributed by atoms with Gasteiger partial charge in [0.05, 0.1) is 18.8 Å². The summed E-state index contributed by atoms with van der Waals surface area (Å²) in [6, 6.07) is 24.8. The molecule has 4 heteroatoms. The Morgan fingerprint density at radius 3 is 2.26 bits per heavy atom. The van der Waals surface area contributed by atoms with Crippen LogP contribution in [-0.4, -0.2) is 12.5 Å². The monoisotopic (exact) mass is 360 g/mol. The number of benzene rings is 3. The molecule has 0 aliphatic rings. The molecule has 0 fully saturated rings. The minimum atomic E-state index is -0.0983. The highest BCUT2D eigenvalue weighted by Crippen LogP contribution is 2.26. The number of para-hydroxylation sites is 1. The summed E-state index contributed by atoms with van der Waals surface area (Å²) < 4.78 is 5.61. The second-order valence-corrected chi connectivity index (χ2v) is 6.31. The molecular weight excluding hydrogens is 336 g/mol. The Balaban J connectivity index is 1.90. The third kappa shape index (κ3) is 4.67. The molecule has 0 saturated carbocycles. The predicted octanol–water partition coefficient (Wildman–Crippen LogP) is 4.90. The second kappa shape index (κ2) is 8.90. The molecule has 0 aliphatic carbocycles. The highest BCUT2D eigenvalue weighted by atomic mass is 16.5. The number of ether oxygens (including phenoxy) is 1. The van der Waals surface area contributed by atoms with Crippen LogP contribution in [0.4, 0.5) is 11.4 Å². The number of rotatable bonds is 7. The number of carbonyl (C=O) groups excluding carboxylic acids is 1. The van der Waals surface area contributed by atoms with E-state index in [2.05, 4.69) is 0 Å². The lowest BCUT2D eigenvalue weighted by molar-refractivity contribution is 0.0985. The van der Waals surface area contributed by atoms with Crippen LogP contribution >= 0.6 is 0 Å². The molecule has 0 unspecified atom stereocenters. The van der Waals surface area contributed by atoms with Crippen molar-refractivity contribution in [3.63, 3.8) is 0 Å². The maximum Gasteiger partial charge on any atom is 0.258 e. The van der Waals surface area contributed by atoms with Gasteiger partial charge in [0, 0.05) is 11.3 Å². The molecule has 0 aliphatic heterocycles. The van der Waals surface area contributed by atoms with Crippen molar-refractivity contribution < 1.29 is 9.53 Å². The molecular formula is C23H24N2O2. The molecule has 3 aromatic carbocycles. The van der Waals surface area contributed by atoms with Crippen LogP contribution in [0.1, 0.15) is 29.3 Å². The largest absolute Gasteiger partial charge is 0.491 e. The van der Waals surface area contributed by atoms with Crippen LogP contribution in [-0.2, 0) is 6.54 Å². The second-order valence-electron chi connectivity index (χ2n) is 6.31. The average Bonchev–Trinajstić information content (AvgIpc) is 2.72. The van der Waals surface area contributed by atoms with Gasteiger partial charge in [0.15, 0.2) is 0 Å². The van der Waals surface area contributed by atoms with Crippen molar-refractivity contribution in [1.29, 1.82) is 0 Å². The fraction of sp³-hybridized carbons (Fsp3) is 0.174. The summed E-state index contributed by atoms with van der Waals surface area (Å²) in [6.45, 7) is 3.12. The first-order chi connectivity index (χ1) is 13.2. The van der Waals surface area contributed by atoms with E-state index in [4.69, 9.17) is 10.5 Å². The van der Waals surface area contributed by atoms with Gasteiger partial charge in [-0.25, -0.2) is 0 Å². The van der Waals surface area contributed by atoms with Gasteiger partial charge in [-0.2, -0.15) is 0 Å².